The topological polar surface area (TPSA) is 68.3 Å². The second kappa shape index (κ2) is 4.65. The highest BCUT2D eigenvalue weighted by atomic mass is 19.1. The van der Waals surface area contributed by atoms with E-state index in [-0.39, 0.29) is 11.4 Å². The molecule has 0 unspecified atom stereocenters. The smallest absolute Gasteiger partial charge is 0.271 e. The molecule has 1 heterocycles. The van der Waals surface area contributed by atoms with Gasteiger partial charge in [0.1, 0.15) is 5.82 Å². The molecule has 0 saturated heterocycles. The van der Waals surface area contributed by atoms with Gasteiger partial charge >= 0.3 is 0 Å². The average molecular weight is 236 g/mol. The van der Waals surface area contributed by atoms with Crippen LogP contribution in [-0.4, -0.2) is 4.92 Å². The van der Waals surface area contributed by atoms with Gasteiger partial charge in [-0.1, -0.05) is 0 Å². The number of hydrogen-bond acceptors (Lipinski definition) is 4. The molecule has 0 amide bonds. The van der Waals surface area contributed by atoms with Crippen molar-refractivity contribution in [1.29, 1.82) is 0 Å². The molecule has 0 spiro atoms. The van der Waals surface area contributed by atoms with Crippen LogP contribution >= 0.6 is 0 Å². The lowest BCUT2D eigenvalue weighted by atomic mass is 10.2. The number of benzene rings is 1. The molecule has 1 N–H and O–H groups in total. The summed E-state index contributed by atoms with van der Waals surface area (Å²) in [4.78, 5) is 9.97. The van der Waals surface area contributed by atoms with Gasteiger partial charge in [0.05, 0.1) is 23.1 Å². The molecule has 0 radical (unpaired) electrons. The van der Waals surface area contributed by atoms with Crippen molar-refractivity contribution in [2.45, 2.75) is 6.54 Å². The zero-order valence-corrected chi connectivity index (χ0v) is 8.72. The summed E-state index contributed by atoms with van der Waals surface area (Å²) in [5, 5.41) is 13.3. The van der Waals surface area contributed by atoms with Crippen molar-refractivity contribution in [3.63, 3.8) is 0 Å². The fourth-order valence-electron chi connectivity index (χ4n) is 1.35. The van der Waals surface area contributed by atoms with Crippen LogP contribution in [0.2, 0.25) is 0 Å². The van der Waals surface area contributed by atoms with Crippen LogP contribution in [0.3, 0.4) is 0 Å². The number of hydrogen-bond donors (Lipinski definition) is 1. The van der Waals surface area contributed by atoms with Gasteiger partial charge in [-0.05, 0) is 12.1 Å². The normalized spacial score (nSPS) is 10.2. The van der Waals surface area contributed by atoms with Gasteiger partial charge in [-0.3, -0.25) is 10.1 Å². The maximum Gasteiger partial charge on any atom is 0.271 e. The van der Waals surface area contributed by atoms with Crippen molar-refractivity contribution in [3.05, 3.63) is 58.3 Å². The molecule has 0 saturated carbocycles. The first kappa shape index (κ1) is 11.1. The minimum absolute atomic E-state index is 0.0976. The Morgan fingerprint density at radius 3 is 2.88 bits per heavy atom. The van der Waals surface area contributed by atoms with Crippen LogP contribution in [0.1, 0.15) is 5.56 Å². The van der Waals surface area contributed by atoms with Crippen LogP contribution in [0.25, 0.3) is 0 Å². The van der Waals surface area contributed by atoms with Crippen LogP contribution in [0, 0.1) is 15.9 Å². The van der Waals surface area contributed by atoms with E-state index >= 15 is 0 Å². The third-order valence-corrected chi connectivity index (χ3v) is 2.22. The monoisotopic (exact) mass is 236 g/mol. The fraction of sp³-hybridized carbons (Fsp3) is 0.0909. The third-order valence-electron chi connectivity index (χ3n) is 2.22. The summed E-state index contributed by atoms with van der Waals surface area (Å²) in [5.74, 6) is -0.529. The van der Waals surface area contributed by atoms with Crippen LogP contribution in [0.5, 0.6) is 0 Å². The van der Waals surface area contributed by atoms with E-state index in [4.69, 9.17) is 4.42 Å². The molecular formula is C11H9FN2O3. The van der Waals surface area contributed by atoms with Crippen molar-refractivity contribution < 1.29 is 13.7 Å². The van der Waals surface area contributed by atoms with E-state index < -0.39 is 10.7 Å². The van der Waals surface area contributed by atoms with Gasteiger partial charge in [0.2, 0.25) is 0 Å². The third kappa shape index (κ3) is 2.60. The molecule has 88 valence electrons. The Hall–Kier alpha value is -2.37. The van der Waals surface area contributed by atoms with Gasteiger partial charge in [0, 0.05) is 24.2 Å². The highest BCUT2D eigenvalue weighted by Gasteiger charge is 2.10. The van der Waals surface area contributed by atoms with Gasteiger partial charge in [0.15, 0.2) is 0 Å². The first-order valence-corrected chi connectivity index (χ1v) is 4.85. The largest absolute Gasteiger partial charge is 0.472 e. The number of non-ortho nitro benzene ring substituents is 1. The fourth-order valence-corrected chi connectivity index (χ4v) is 1.35. The van der Waals surface area contributed by atoms with Crippen LogP contribution in [0.4, 0.5) is 15.8 Å². The molecule has 0 aliphatic rings. The minimum atomic E-state index is -0.567. The second-order valence-electron chi connectivity index (χ2n) is 3.41. The summed E-state index contributed by atoms with van der Waals surface area (Å²) in [6.45, 7) is 0.342. The zero-order chi connectivity index (χ0) is 12.3. The molecule has 0 aliphatic heterocycles. The summed E-state index contributed by atoms with van der Waals surface area (Å²) >= 11 is 0. The molecule has 0 aliphatic carbocycles. The second-order valence-corrected chi connectivity index (χ2v) is 3.41. The Bertz CT molecular complexity index is 526. The number of furan rings is 1. The van der Waals surface area contributed by atoms with Gasteiger partial charge in [-0.2, -0.15) is 0 Å². The first-order chi connectivity index (χ1) is 8.16. The summed E-state index contributed by atoms with van der Waals surface area (Å²) in [6.07, 6.45) is 3.02. The van der Waals surface area contributed by atoms with Crippen molar-refractivity contribution in [1.82, 2.24) is 0 Å². The number of anilines is 1. The summed E-state index contributed by atoms with van der Waals surface area (Å²) < 4.78 is 18.2. The lowest BCUT2D eigenvalue weighted by Gasteiger charge is -2.05. The number of nitro groups is 1. The Morgan fingerprint density at radius 2 is 2.24 bits per heavy atom. The number of rotatable bonds is 4. The average Bonchev–Trinajstić information content (AvgIpc) is 2.80. The van der Waals surface area contributed by atoms with Crippen molar-refractivity contribution in [3.8, 4) is 0 Å². The lowest BCUT2D eigenvalue weighted by molar-refractivity contribution is -0.384. The Kier molecular flexibility index (Phi) is 3.04. The van der Waals surface area contributed by atoms with Gasteiger partial charge in [0.25, 0.3) is 5.69 Å². The maximum absolute atomic E-state index is 13.4. The highest BCUT2D eigenvalue weighted by Crippen LogP contribution is 2.21. The number of nitro benzene ring substituents is 1. The standard InChI is InChI=1S/C11H9FN2O3/c12-10-2-1-9(14(15)16)5-11(10)13-6-8-3-4-17-7-8/h1-5,7,13H,6H2. The first-order valence-electron chi connectivity index (χ1n) is 4.85. The van der Waals surface area contributed by atoms with Crippen molar-refractivity contribution >= 4 is 11.4 Å². The minimum Gasteiger partial charge on any atom is -0.472 e. The lowest BCUT2D eigenvalue weighted by Crippen LogP contribution is -2.01. The molecule has 1 aromatic heterocycles. The molecule has 2 rings (SSSR count). The molecule has 6 heteroatoms. The molecule has 1 aromatic carbocycles. The summed E-state index contributed by atoms with van der Waals surface area (Å²) in [7, 11) is 0. The summed E-state index contributed by atoms with van der Waals surface area (Å²) in [5.41, 5.74) is 0.775. The maximum atomic E-state index is 13.4. The molecule has 0 bridgehead atoms. The Balaban J connectivity index is 2.14. The summed E-state index contributed by atoms with van der Waals surface area (Å²) in [6, 6.07) is 5.08. The van der Waals surface area contributed by atoms with Crippen molar-refractivity contribution in [2.75, 3.05) is 5.32 Å². The number of nitrogens with one attached hydrogen (secondary N) is 1. The van der Waals surface area contributed by atoms with E-state index in [1.807, 2.05) is 0 Å². The predicted octanol–water partition coefficient (Wildman–Crippen LogP) is 2.94. The van der Waals surface area contributed by atoms with Crippen molar-refractivity contribution in [2.24, 2.45) is 0 Å². The highest BCUT2D eigenvalue weighted by molar-refractivity contribution is 5.52. The molecule has 2 aromatic rings. The zero-order valence-electron chi connectivity index (χ0n) is 8.72. The van der Waals surface area contributed by atoms with Gasteiger partial charge < -0.3 is 9.73 Å². The molecule has 0 atom stereocenters. The van der Waals surface area contributed by atoms with Gasteiger partial charge in [-0.15, -0.1) is 0 Å². The Labute approximate surface area is 96.0 Å². The van der Waals surface area contributed by atoms with E-state index in [0.717, 1.165) is 23.8 Å². The molecule has 17 heavy (non-hydrogen) atoms. The quantitative estimate of drug-likeness (QED) is 0.654. The van der Waals surface area contributed by atoms with E-state index in [9.17, 15) is 14.5 Å². The predicted molar refractivity (Wildman–Crippen MR) is 59.1 cm³/mol. The number of halogens is 1. The molecule has 5 nitrogen and oxygen atoms in total. The van der Waals surface area contributed by atoms with E-state index in [0.29, 0.717) is 6.54 Å². The van der Waals surface area contributed by atoms with Gasteiger partial charge in [-0.25, -0.2) is 4.39 Å². The molecule has 0 fully saturated rings. The molecular weight excluding hydrogens is 227 g/mol. The van der Waals surface area contributed by atoms with Crippen LogP contribution < -0.4 is 5.32 Å². The van der Waals surface area contributed by atoms with E-state index in [2.05, 4.69) is 5.32 Å². The van der Waals surface area contributed by atoms with E-state index in [1.54, 1.807) is 6.07 Å². The number of nitrogens with zero attached hydrogens (tertiary/aromatic N) is 1. The Morgan fingerprint density at radius 1 is 1.41 bits per heavy atom. The SMILES string of the molecule is O=[N+]([O-])c1ccc(F)c(NCc2ccoc2)c1. The van der Waals surface area contributed by atoms with Crippen LogP contribution in [-0.2, 0) is 6.54 Å². The van der Waals surface area contributed by atoms with E-state index in [1.165, 1.54) is 12.5 Å². The van der Waals surface area contributed by atoms with Crippen LogP contribution in [0.15, 0.2) is 41.2 Å².